The number of halogens is 1. The average Bonchev–Trinajstić information content (AvgIpc) is 2.32. The first kappa shape index (κ1) is 14.0. The minimum absolute atomic E-state index is 0.00160. The molecular weight excluding hydrogens is 284 g/mol. The number of ether oxygens (including phenoxy) is 1. The number of methoxy groups -OCH3 is 1. The highest BCUT2D eigenvalue weighted by atomic mass is 79.9. The summed E-state index contributed by atoms with van der Waals surface area (Å²) in [5, 5.41) is 21.2. The standard InChI is InChI=1S/C12H15BrN2O2/c1-17-8-11(4-5-16)15-12-3-2-10(13)6-9(12)7-14/h2-3,6,11,15-16H,4-5,8H2,1H3. The van der Waals surface area contributed by atoms with Gasteiger partial charge in [0.1, 0.15) is 6.07 Å². The van der Waals surface area contributed by atoms with Crippen LogP contribution in [0, 0.1) is 11.3 Å². The van der Waals surface area contributed by atoms with Crippen molar-refractivity contribution in [2.24, 2.45) is 0 Å². The van der Waals surface area contributed by atoms with Crippen molar-refractivity contribution in [1.29, 1.82) is 5.26 Å². The summed E-state index contributed by atoms with van der Waals surface area (Å²) in [7, 11) is 1.61. The van der Waals surface area contributed by atoms with E-state index in [4.69, 9.17) is 15.1 Å². The van der Waals surface area contributed by atoms with E-state index in [9.17, 15) is 0 Å². The van der Waals surface area contributed by atoms with E-state index in [2.05, 4.69) is 27.3 Å². The van der Waals surface area contributed by atoms with Gasteiger partial charge in [-0.1, -0.05) is 15.9 Å². The molecule has 0 bridgehead atoms. The van der Waals surface area contributed by atoms with E-state index in [1.165, 1.54) is 0 Å². The van der Waals surface area contributed by atoms with Crippen LogP contribution in [0.3, 0.4) is 0 Å². The van der Waals surface area contributed by atoms with Gasteiger partial charge in [0, 0.05) is 18.2 Å². The van der Waals surface area contributed by atoms with Crippen LogP contribution in [0.2, 0.25) is 0 Å². The summed E-state index contributed by atoms with van der Waals surface area (Å²) < 4.78 is 5.93. The Bertz CT molecular complexity index is 398. The Balaban J connectivity index is 2.81. The van der Waals surface area contributed by atoms with E-state index in [1.54, 1.807) is 13.2 Å². The first-order valence-electron chi connectivity index (χ1n) is 5.27. The minimum Gasteiger partial charge on any atom is -0.396 e. The largest absolute Gasteiger partial charge is 0.396 e. The monoisotopic (exact) mass is 298 g/mol. The van der Waals surface area contributed by atoms with Gasteiger partial charge in [-0.3, -0.25) is 0 Å². The first-order valence-corrected chi connectivity index (χ1v) is 6.06. The second kappa shape index (κ2) is 7.28. The van der Waals surface area contributed by atoms with Crippen LogP contribution in [0.5, 0.6) is 0 Å². The molecule has 1 atom stereocenters. The number of benzene rings is 1. The number of anilines is 1. The summed E-state index contributed by atoms with van der Waals surface area (Å²) in [6.07, 6.45) is 0.578. The predicted molar refractivity (Wildman–Crippen MR) is 69.8 cm³/mol. The lowest BCUT2D eigenvalue weighted by atomic mass is 10.1. The highest BCUT2D eigenvalue weighted by molar-refractivity contribution is 9.10. The van der Waals surface area contributed by atoms with E-state index in [-0.39, 0.29) is 12.6 Å². The molecule has 92 valence electrons. The number of rotatable bonds is 6. The molecule has 0 heterocycles. The van der Waals surface area contributed by atoms with Crippen molar-refractivity contribution in [2.45, 2.75) is 12.5 Å². The normalized spacial score (nSPS) is 11.9. The fraction of sp³-hybridized carbons (Fsp3) is 0.417. The average molecular weight is 299 g/mol. The molecule has 0 aliphatic rings. The molecule has 0 fully saturated rings. The van der Waals surface area contributed by atoms with E-state index in [0.717, 1.165) is 10.2 Å². The van der Waals surface area contributed by atoms with E-state index < -0.39 is 0 Å². The summed E-state index contributed by atoms with van der Waals surface area (Å²) in [5.41, 5.74) is 1.32. The van der Waals surface area contributed by atoms with Gasteiger partial charge in [-0.25, -0.2) is 0 Å². The molecule has 1 aromatic carbocycles. The highest BCUT2D eigenvalue weighted by Crippen LogP contribution is 2.21. The summed E-state index contributed by atoms with van der Waals surface area (Å²) in [6, 6.07) is 7.59. The van der Waals surface area contributed by atoms with E-state index in [0.29, 0.717) is 18.6 Å². The zero-order valence-electron chi connectivity index (χ0n) is 9.61. The fourth-order valence-electron chi connectivity index (χ4n) is 1.51. The predicted octanol–water partition coefficient (Wildman–Crippen LogP) is 2.13. The van der Waals surface area contributed by atoms with Gasteiger partial charge in [-0.2, -0.15) is 5.26 Å². The van der Waals surface area contributed by atoms with Crippen molar-refractivity contribution in [1.82, 2.24) is 0 Å². The minimum atomic E-state index is -0.00160. The van der Waals surface area contributed by atoms with Crippen LogP contribution in [0.25, 0.3) is 0 Å². The number of nitriles is 1. The molecule has 17 heavy (non-hydrogen) atoms. The molecule has 0 saturated heterocycles. The maximum atomic E-state index is 9.02. The second-order valence-electron chi connectivity index (χ2n) is 3.61. The van der Waals surface area contributed by atoms with Gasteiger partial charge in [-0.15, -0.1) is 0 Å². The molecule has 2 N–H and O–H groups in total. The Kier molecular flexibility index (Phi) is 5.98. The summed E-state index contributed by atoms with van der Waals surface area (Å²) in [5.74, 6) is 0. The molecule has 0 amide bonds. The number of hydrogen-bond donors (Lipinski definition) is 2. The molecule has 1 rings (SSSR count). The Morgan fingerprint density at radius 1 is 1.59 bits per heavy atom. The van der Waals surface area contributed by atoms with Gasteiger partial charge in [0.25, 0.3) is 0 Å². The van der Waals surface area contributed by atoms with Crippen LogP contribution in [0.1, 0.15) is 12.0 Å². The van der Waals surface area contributed by atoms with Crippen LogP contribution in [-0.2, 0) is 4.74 Å². The lowest BCUT2D eigenvalue weighted by Crippen LogP contribution is -2.26. The number of nitrogens with zero attached hydrogens (tertiary/aromatic N) is 1. The van der Waals surface area contributed by atoms with Crippen molar-refractivity contribution in [3.63, 3.8) is 0 Å². The van der Waals surface area contributed by atoms with Gasteiger partial charge < -0.3 is 15.2 Å². The van der Waals surface area contributed by atoms with Crippen LogP contribution in [-0.4, -0.2) is 31.5 Å². The Hall–Kier alpha value is -1.09. The van der Waals surface area contributed by atoms with Crippen molar-refractivity contribution in [3.8, 4) is 6.07 Å². The maximum Gasteiger partial charge on any atom is 0.101 e. The van der Waals surface area contributed by atoms with Crippen molar-refractivity contribution >= 4 is 21.6 Å². The summed E-state index contributed by atoms with van der Waals surface area (Å²) in [4.78, 5) is 0. The smallest absolute Gasteiger partial charge is 0.101 e. The van der Waals surface area contributed by atoms with Crippen LogP contribution >= 0.6 is 15.9 Å². The third-order valence-corrected chi connectivity index (χ3v) is 2.80. The number of aliphatic hydroxyl groups is 1. The summed E-state index contributed by atoms with van der Waals surface area (Å²) in [6.45, 7) is 0.570. The van der Waals surface area contributed by atoms with Gasteiger partial charge in [-0.05, 0) is 24.6 Å². The van der Waals surface area contributed by atoms with Crippen LogP contribution < -0.4 is 5.32 Å². The van der Waals surface area contributed by atoms with E-state index >= 15 is 0 Å². The SMILES string of the molecule is COCC(CCO)Nc1ccc(Br)cc1C#N. The van der Waals surface area contributed by atoms with Gasteiger partial charge in [0.15, 0.2) is 0 Å². The molecule has 0 saturated carbocycles. The first-order chi connectivity index (χ1) is 8.21. The number of aliphatic hydroxyl groups excluding tert-OH is 1. The third kappa shape index (κ3) is 4.35. The van der Waals surface area contributed by atoms with Crippen LogP contribution in [0.15, 0.2) is 22.7 Å². The lowest BCUT2D eigenvalue weighted by molar-refractivity contribution is 0.170. The number of hydrogen-bond acceptors (Lipinski definition) is 4. The zero-order chi connectivity index (χ0) is 12.7. The molecule has 0 aliphatic carbocycles. The Morgan fingerprint density at radius 3 is 2.94 bits per heavy atom. The van der Waals surface area contributed by atoms with Gasteiger partial charge >= 0.3 is 0 Å². The number of nitrogens with one attached hydrogen (secondary N) is 1. The quantitative estimate of drug-likeness (QED) is 0.844. The zero-order valence-corrected chi connectivity index (χ0v) is 11.2. The molecule has 0 aliphatic heterocycles. The second-order valence-corrected chi connectivity index (χ2v) is 4.53. The molecule has 1 aromatic rings. The van der Waals surface area contributed by atoms with E-state index in [1.807, 2.05) is 12.1 Å². The summed E-state index contributed by atoms with van der Waals surface area (Å²) >= 11 is 3.32. The van der Waals surface area contributed by atoms with Crippen molar-refractivity contribution in [2.75, 3.05) is 25.6 Å². The van der Waals surface area contributed by atoms with Gasteiger partial charge in [0.05, 0.1) is 23.9 Å². The molecule has 0 radical (unpaired) electrons. The highest BCUT2D eigenvalue weighted by Gasteiger charge is 2.10. The molecule has 5 heteroatoms. The fourth-order valence-corrected chi connectivity index (χ4v) is 1.87. The van der Waals surface area contributed by atoms with Crippen molar-refractivity contribution in [3.05, 3.63) is 28.2 Å². The van der Waals surface area contributed by atoms with Gasteiger partial charge in [0.2, 0.25) is 0 Å². The molecule has 1 unspecified atom stereocenters. The Morgan fingerprint density at radius 2 is 2.35 bits per heavy atom. The topological polar surface area (TPSA) is 65.3 Å². The lowest BCUT2D eigenvalue weighted by Gasteiger charge is -2.19. The molecule has 4 nitrogen and oxygen atoms in total. The molecule has 0 aromatic heterocycles. The molecular formula is C12H15BrN2O2. The van der Waals surface area contributed by atoms with Crippen LogP contribution in [0.4, 0.5) is 5.69 Å². The molecule has 0 spiro atoms. The maximum absolute atomic E-state index is 9.02. The Labute approximate surface area is 109 Å². The van der Waals surface area contributed by atoms with Crippen molar-refractivity contribution < 1.29 is 9.84 Å². The third-order valence-electron chi connectivity index (χ3n) is 2.31.